The summed E-state index contributed by atoms with van der Waals surface area (Å²) < 4.78 is 5.34. The maximum absolute atomic E-state index is 8.73. The summed E-state index contributed by atoms with van der Waals surface area (Å²) in [7, 11) is 0. The third kappa shape index (κ3) is 6.07. The molecular weight excluding hydrogens is 256 g/mol. The fraction of sp³-hybridized carbons (Fsp3) is 0.929. The average molecular weight is 286 g/mol. The molecule has 0 aliphatic carbocycles. The fourth-order valence-electron chi connectivity index (χ4n) is 2.38. The van der Waals surface area contributed by atoms with Crippen molar-refractivity contribution >= 4 is 5.84 Å². The van der Waals surface area contributed by atoms with E-state index in [1.54, 1.807) is 0 Å². The molecule has 1 unspecified atom stereocenters. The molecule has 6 nitrogen and oxygen atoms in total. The van der Waals surface area contributed by atoms with Gasteiger partial charge in [0, 0.05) is 31.1 Å². The van der Waals surface area contributed by atoms with Gasteiger partial charge in [-0.05, 0) is 26.3 Å². The van der Waals surface area contributed by atoms with E-state index in [2.05, 4.69) is 22.3 Å². The molecule has 0 radical (unpaired) electrons. The van der Waals surface area contributed by atoms with Crippen LogP contribution in [0.25, 0.3) is 0 Å². The van der Waals surface area contributed by atoms with Crippen LogP contribution >= 0.6 is 0 Å². The zero-order chi connectivity index (χ0) is 15.0. The molecule has 0 aromatic carbocycles. The Morgan fingerprint density at radius 2 is 2.10 bits per heavy atom. The lowest BCUT2D eigenvalue weighted by Crippen LogP contribution is -2.44. The summed E-state index contributed by atoms with van der Waals surface area (Å²) >= 11 is 0. The van der Waals surface area contributed by atoms with Crippen molar-refractivity contribution in [3.05, 3.63) is 0 Å². The first kappa shape index (κ1) is 17.2. The molecule has 1 aliphatic rings. The van der Waals surface area contributed by atoms with Crippen LogP contribution in [0.4, 0.5) is 0 Å². The van der Waals surface area contributed by atoms with Crippen LogP contribution in [0.15, 0.2) is 5.16 Å². The van der Waals surface area contributed by atoms with Gasteiger partial charge in [0.2, 0.25) is 0 Å². The van der Waals surface area contributed by atoms with Crippen LogP contribution in [0.2, 0.25) is 0 Å². The second kappa shape index (κ2) is 8.44. The van der Waals surface area contributed by atoms with E-state index in [0.29, 0.717) is 11.9 Å². The Hall–Kier alpha value is -0.850. The van der Waals surface area contributed by atoms with Crippen molar-refractivity contribution in [1.82, 2.24) is 10.2 Å². The van der Waals surface area contributed by atoms with Gasteiger partial charge in [0.25, 0.3) is 0 Å². The third-order valence-electron chi connectivity index (χ3n) is 3.91. The first-order chi connectivity index (χ1) is 9.45. The summed E-state index contributed by atoms with van der Waals surface area (Å²) in [4.78, 5) is 2.43. The molecule has 20 heavy (non-hydrogen) atoms. The number of ether oxygens (including phenoxy) is 1. The number of amidine groups is 1. The number of nitrogens with two attached hydrogens (primary N) is 1. The van der Waals surface area contributed by atoms with E-state index in [0.717, 1.165) is 52.2 Å². The number of hydrogen-bond acceptors (Lipinski definition) is 5. The Kier molecular flexibility index (Phi) is 7.26. The molecule has 0 bridgehead atoms. The van der Waals surface area contributed by atoms with Gasteiger partial charge in [-0.1, -0.05) is 19.0 Å². The molecule has 0 aromatic rings. The first-order valence-corrected chi connectivity index (χ1v) is 7.47. The van der Waals surface area contributed by atoms with E-state index in [1.165, 1.54) is 0 Å². The van der Waals surface area contributed by atoms with Gasteiger partial charge < -0.3 is 21.0 Å². The molecule has 1 aliphatic heterocycles. The predicted octanol–water partition coefficient (Wildman–Crippen LogP) is 0.850. The topological polar surface area (TPSA) is 83.1 Å². The monoisotopic (exact) mass is 286 g/mol. The first-order valence-electron chi connectivity index (χ1n) is 7.47. The SMILES string of the molecule is CC(CN1CCOCC1)NCCCC(C)(C)C(N)=NO. The number of morpholine rings is 1. The number of hydrogen-bond donors (Lipinski definition) is 3. The number of nitrogens with zero attached hydrogens (tertiary/aromatic N) is 2. The molecule has 4 N–H and O–H groups in total. The summed E-state index contributed by atoms with van der Waals surface area (Å²) in [5, 5.41) is 15.4. The highest BCUT2D eigenvalue weighted by Crippen LogP contribution is 2.21. The predicted molar refractivity (Wildman–Crippen MR) is 81.1 cm³/mol. The zero-order valence-corrected chi connectivity index (χ0v) is 13.1. The van der Waals surface area contributed by atoms with Crippen molar-refractivity contribution in [2.75, 3.05) is 39.4 Å². The number of oxime groups is 1. The molecule has 0 saturated carbocycles. The van der Waals surface area contributed by atoms with Crippen molar-refractivity contribution in [2.24, 2.45) is 16.3 Å². The summed E-state index contributed by atoms with van der Waals surface area (Å²) in [6, 6.07) is 0.472. The van der Waals surface area contributed by atoms with E-state index in [-0.39, 0.29) is 5.41 Å². The summed E-state index contributed by atoms with van der Waals surface area (Å²) in [5.41, 5.74) is 5.43. The van der Waals surface area contributed by atoms with Crippen molar-refractivity contribution < 1.29 is 9.94 Å². The second-order valence-electron chi connectivity index (χ2n) is 6.24. The minimum Gasteiger partial charge on any atom is -0.409 e. The minimum atomic E-state index is -0.246. The van der Waals surface area contributed by atoms with Crippen molar-refractivity contribution in [1.29, 1.82) is 0 Å². The van der Waals surface area contributed by atoms with Gasteiger partial charge in [-0.15, -0.1) is 0 Å². The van der Waals surface area contributed by atoms with Gasteiger partial charge in [-0.2, -0.15) is 0 Å². The molecule has 0 aromatic heterocycles. The lowest BCUT2D eigenvalue weighted by Gasteiger charge is -2.29. The van der Waals surface area contributed by atoms with E-state index in [9.17, 15) is 0 Å². The van der Waals surface area contributed by atoms with E-state index >= 15 is 0 Å². The zero-order valence-electron chi connectivity index (χ0n) is 13.1. The molecule has 6 heteroatoms. The van der Waals surface area contributed by atoms with E-state index < -0.39 is 0 Å². The number of rotatable bonds is 8. The highest BCUT2D eigenvalue weighted by atomic mass is 16.5. The van der Waals surface area contributed by atoms with Crippen molar-refractivity contribution in [3.8, 4) is 0 Å². The molecular formula is C14H30N4O2. The van der Waals surface area contributed by atoms with Gasteiger partial charge >= 0.3 is 0 Å². The van der Waals surface area contributed by atoms with Crippen LogP contribution in [-0.4, -0.2) is 61.4 Å². The van der Waals surface area contributed by atoms with Crippen molar-refractivity contribution in [2.45, 2.75) is 39.7 Å². The largest absolute Gasteiger partial charge is 0.409 e. The molecule has 0 amide bonds. The van der Waals surface area contributed by atoms with Crippen LogP contribution < -0.4 is 11.1 Å². The Bertz CT molecular complexity index is 302. The molecule has 1 heterocycles. The molecule has 1 atom stereocenters. The summed E-state index contributed by atoms with van der Waals surface area (Å²) in [5.74, 6) is 0.305. The maximum atomic E-state index is 8.73. The van der Waals surface area contributed by atoms with Gasteiger partial charge in [-0.25, -0.2) is 0 Å². The Labute approximate surface area is 122 Å². The van der Waals surface area contributed by atoms with E-state index in [4.69, 9.17) is 15.7 Å². The molecule has 1 fully saturated rings. The normalized spacial score (nSPS) is 20.1. The van der Waals surface area contributed by atoms with Gasteiger partial charge in [0.05, 0.1) is 13.2 Å². The smallest absolute Gasteiger partial charge is 0.144 e. The lowest BCUT2D eigenvalue weighted by atomic mass is 9.86. The van der Waals surface area contributed by atoms with Gasteiger partial charge in [0.1, 0.15) is 5.84 Å². The number of nitrogens with one attached hydrogen (secondary N) is 1. The minimum absolute atomic E-state index is 0.246. The van der Waals surface area contributed by atoms with Crippen LogP contribution in [0, 0.1) is 5.41 Å². The molecule has 118 valence electrons. The fourth-order valence-corrected chi connectivity index (χ4v) is 2.38. The summed E-state index contributed by atoms with van der Waals surface area (Å²) in [6.07, 6.45) is 1.91. The van der Waals surface area contributed by atoms with Crippen molar-refractivity contribution in [3.63, 3.8) is 0 Å². The Balaban J connectivity index is 2.14. The lowest BCUT2D eigenvalue weighted by molar-refractivity contribution is 0.0344. The van der Waals surface area contributed by atoms with Crippen LogP contribution in [0.1, 0.15) is 33.6 Å². The second-order valence-corrected chi connectivity index (χ2v) is 6.24. The molecule has 1 rings (SSSR count). The standard InChI is InChI=1S/C14H30N4O2/c1-12(11-18-7-9-20-10-8-18)16-6-4-5-14(2,3)13(15)17-19/h12,16,19H,4-11H2,1-3H3,(H2,15,17). The third-order valence-corrected chi connectivity index (χ3v) is 3.91. The van der Waals surface area contributed by atoms with E-state index in [1.807, 2.05) is 13.8 Å². The summed E-state index contributed by atoms with van der Waals surface area (Å²) in [6.45, 7) is 12.0. The molecule has 0 spiro atoms. The van der Waals surface area contributed by atoms with Crippen LogP contribution in [-0.2, 0) is 4.74 Å². The average Bonchev–Trinajstić information content (AvgIpc) is 2.43. The Morgan fingerprint density at radius 3 is 2.70 bits per heavy atom. The van der Waals surface area contributed by atoms with Gasteiger partial charge in [0.15, 0.2) is 0 Å². The Morgan fingerprint density at radius 1 is 1.45 bits per heavy atom. The quantitative estimate of drug-likeness (QED) is 0.203. The van der Waals surface area contributed by atoms with Crippen LogP contribution in [0.3, 0.4) is 0 Å². The maximum Gasteiger partial charge on any atom is 0.144 e. The van der Waals surface area contributed by atoms with Gasteiger partial charge in [-0.3, -0.25) is 4.90 Å². The van der Waals surface area contributed by atoms with Crippen LogP contribution in [0.5, 0.6) is 0 Å². The molecule has 1 saturated heterocycles. The highest BCUT2D eigenvalue weighted by molar-refractivity contribution is 5.85. The highest BCUT2D eigenvalue weighted by Gasteiger charge is 2.22.